The molecule has 1 N–H and O–H groups in total. The summed E-state index contributed by atoms with van der Waals surface area (Å²) < 4.78 is 1.94. The summed E-state index contributed by atoms with van der Waals surface area (Å²) in [5, 5.41) is 4.91. The molecule has 1 aliphatic heterocycles. The van der Waals surface area contributed by atoms with E-state index < -0.39 is 0 Å². The first-order chi connectivity index (χ1) is 11.8. The van der Waals surface area contributed by atoms with E-state index in [2.05, 4.69) is 20.2 Å². The van der Waals surface area contributed by atoms with Crippen LogP contribution < -0.4 is 10.2 Å². The first-order valence-electron chi connectivity index (χ1n) is 8.15. The molecule has 0 aliphatic carbocycles. The Bertz CT molecular complexity index is 804. The van der Waals surface area contributed by atoms with E-state index >= 15 is 0 Å². The van der Waals surface area contributed by atoms with Gasteiger partial charge in [-0.05, 0) is 24.5 Å². The van der Waals surface area contributed by atoms with Gasteiger partial charge in [0.05, 0.1) is 12.1 Å². The third-order valence-electron chi connectivity index (χ3n) is 4.21. The van der Waals surface area contributed by atoms with Crippen LogP contribution in [-0.2, 0) is 17.8 Å². The minimum atomic E-state index is -0.0237. The summed E-state index contributed by atoms with van der Waals surface area (Å²) in [7, 11) is 0. The van der Waals surface area contributed by atoms with Crippen molar-refractivity contribution in [1.82, 2.24) is 19.7 Å². The lowest BCUT2D eigenvalue weighted by Gasteiger charge is -2.16. The van der Waals surface area contributed by atoms with Gasteiger partial charge < -0.3 is 10.2 Å². The number of fused-ring (bicyclic) bond motifs is 1. The van der Waals surface area contributed by atoms with Gasteiger partial charge in [-0.1, -0.05) is 6.07 Å². The van der Waals surface area contributed by atoms with Crippen molar-refractivity contribution in [1.29, 1.82) is 0 Å². The predicted molar refractivity (Wildman–Crippen MR) is 94.3 cm³/mol. The average molecular weight is 341 g/mol. The fourth-order valence-electron chi connectivity index (χ4n) is 2.94. The Kier molecular flexibility index (Phi) is 4.17. The fourth-order valence-corrected chi connectivity index (χ4v) is 3.66. The van der Waals surface area contributed by atoms with Crippen LogP contribution in [0.5, 0.6) is 0 Å². The highest BCUT2D eigenvalue weighted by atomic mass is 32.1. The third-order valence-corrected chi connectivity index (χ3v) is 4.98. The molecule has 0 atom stereocenters. The standard InChI is InChI=1S/C17H19N5OS/c23-16(9-14-12-22-7-8-24-17(22)20-14)19-11-13-3-4-15(18-10-13)21-5-1-2-6-21/h3-4,7-8,10,12H,1-2,5-6,9,11H2,(H,19,23). The second kappa shape index (κ2) is 6.60. The molecule has 4 rings (SSSR count). The number of anilines is 1. The van der Waals surface area contributed by atoms with E-state index in [1.807, 2.05) is 40.5 Å². The average Bonchev–Trinajstić information content (AvgIpc) is 3.30. The Balaban J connectivity index is 1.30. The van der Waals surface area contributed by atoms with Gasteiger partial charge in [-0.25, -0.2) is 9.97 Å². The number of imidazole rings is 1. The molecule has 0 bridgehead atoms. The lowest BCUT2D eigenvalue weighted by atomic mass is 10.2. The monoisotopic (exact) mass is 341 g/mol. The van der Waals surface area contributed by atoms with Gasteiger partial charge in [-0.2, -0.15) is 0 Å². The van der Waals surface area contributed by atoms with Crippen molar-refractivity contribution in [3.05, 3.63) is 47.4 Å². The lowest BCUT2D eigenvalue weighted by Crippen LogP contribution is -2.25. The largest absolute Gasteiger partial charge is 0.357 e. The van der Waals surface area contributed by atoms with Crippen LogP contribution in [0.2, 0.25) is 0 Å². The van der Waals surface area contributed by atoms with Gasteiger partial charge in [0.25, 0.3) is 0 Å². The Hall–Kier alpha value is -2.41. The second-order valence-corrected chi connectivity index (χ2v) is 6.87. The molecule has 1 aliphatic rings. The molecule has 1 saturated heterocycles. The van der Waals surface area contributed by atoms with E-state index in [-0.39, 0.29) is 5.91 Å². The predicted octanol–water partition coefficient (Wildman–Crippen LogP) is 2.25. The molecular formula is C17H19N5OS. The van der Waals surface area contributed by atoms with Crippen molar-refractivity contribution in [2.75, 3.05) is 18.0 Å². The van der Waals surface area contributed by atoms with Gasteiger partial charge >= 0.3 is 0 Å². The Morgan fingerprint density at radius 3 is 2.92 bits per heavy atom. The van der Waals surface area contributed by atoms with Gasteiger partial charge in [0.2, 0.25) is 5.91 Å². The zero-order valence-electron chi connectivity index (χ0n) is 13.3. The Morgan fingerprint density at radius 2 is 2.17 bits per heavy atom. The number of rotatable bonds is 5. The third kappa shape index (κ3) is 3.26. The number of hydrogen-bond acceptors (Lipinski definition) is 5. The van der Waals surface area contributed by atoms with E-state index in [4.69, 9.17) is 0 Å². The number of carbonyl (C=O) groups is 1. The molecular weight excluding hydrogens is 322 g/mol. The second-order valence-electron chi connectivity index (χ2n) is 6.00. The highest BCUT2D eigenvalue weighted by molar-refractivity contribution is 7.15. The zero-order chi connectivity index (χ0) is 16.4. The maximum absolute atomic E-state index is 12.1. The number of nitrogens with zero attached hydrogens (tertiary/aromatic N) is 4. The molecule has 4 heterocycles. The summed E-state index contributed by atoms with van der Waals surface area (Å²) in [5.74, 6) is 1.00. The summed E-state index contributed by atoms with van der Waals surface area (Å²) in [6.45, 7) is 2.67. The molecule has 0 spiro atoms. The van der Waals surface area contributed by atoms with E-state index in [0.717, 1.165) is 35.1 Å². The van der Waals surface area contributed by atoms with Crippen LogP contribution in [0, 0.1) is 0 Å². The van der Waals surface area contributed by atoms with Crippen molar-refractivity contribution in [3.63, 3.8) is 0 Å². The summed E-state index contributed by atoms with van der Waals surface area (Å²) in [6, 6.07) is 4.07. The zero-order valence-corrected chi connectivity index (χ0v) is 14.1. The first-order valence-corrected chi connectivity index (χ1v) is 9.03. The van der Waals surface area contributed by atoms with Crippen molar-refractivity contribution in [2.24, 2.45) is 0 Å². The Labute approximate surface area is 144 Å². The van der Waals surface area contributed by atoms with Crippen LogP contribution in [0.4, 0.5) is 5.82 Å². The summed E-state index contributed by atoms with van der Waals surface area (Å²) in [4.78, 5) is 24.2. The Morgan fingerprint density at radius 1 is 1.29 bits per heavy atom. The van der Waals surface area contributed by atoms with Crippen molar-refractivity contribution in [2.45, 2.75) is 25.8 Å². The normalized spacial score (nSPS) is 14.4. The van der Waals surface area contributed by atoms with Crippen LogP contribution >= 0.6 is 11.3 Å². The molecule has 1 fully saturated rings. The minimum Gasteiger partial charge on any atom is -0.357 e. The molecule has 7 heteroatoms. The molecule has 3 aromatic rings. The van der Waals surface area contributed by atoms with Gasteiger partial charge in [0, 0.05) is 43.6 Å². The number of amides is 1. The number of nitrogens with one attached hydrogen (secondary N) is 1. The van der Waals surface area contributed by atoms with Crippen molar-refractivity contribution in [3.8, 4) is 0 Å². The molecule has 1 amide bonds. The van der Waals surface area contributed by atoms with Crippen LogP contribution in [0.25, 0.3) is 4.96 Å². The van der Waals surface area contributed by atoms with Crippen LogP contribution in [0.15, 0.2) is 36.1 Å². The highest BCUT2D eigenvalue weighted by Crippen LogP contribution is 2.17. The highest BCUT2D eigenvalue weighted by Gasteiger charge is 2.13. The summed E-state index contributed by atoms with van der Waals surface area (Å²) in [6.07, 6.45) is 8.48. The first kappa shape index (κ1) is 15.1. The quantitative estimate of drug-likeness (QED) is 0.773. The van der Waals surface area contributed by atoms with Crippen LogP contribution in [0.3, 0.4) is 0 Å². The lowest BCUT2D eigenvalue weighted by molar-refractivity contribution is -0.120. The minimum absolute atomic E-state index is 0.0237. The number of aromatic nitrogens is 3. The molecule has 0 aromatic carbocycles. The smallest absolute Gasteiger partial charge is 0.226 e. The number of pyridine rings is 1. The maximum Gasteiger partial charge on any atom is 0.226 e. The molecule has 0 saturated carbocycles. The van der Waals surface area contributed by atoms with E-state index in [1.165, 1.54) is 12.8 Å². The molecule has 124 valence electrons. The SMILES string of the molecule is O=C(Cc1cn2ccsc2n1)NCc1ccc(N2CCCC2)nc1. The molecule has 24 heavy (non-hydrogen) atoms. The van der Waals surface area contributed by atoms with Crippen LogP contribution in [0.1, 0.15) is 24.1 Å². The molecule has 0 radical (unpaired) electrons. The van der Waals surface area contributed by atoms with Crippen LogP contribution in [-0.4, -0.2) is 33.4 Å². The fraction of sp³-hybridized carbons (Fsp3) is 0.353. The van der Waals surface area contributed by atoms with Gasteiger partial charge in [0.15, 0.2) is 4.96 Å². The number of carbonyl (C=O) groups excluding carboxylic acids is 1. The van der Waals surface area contributed by atoms with E-state index in [0.29, 0.717) is 13.0 Å². The summed E-state index contributed by atoms with van der Waals surface area (Å²) >= 11 is 1.57. The maximum atomic E-state index is 12.1. The molecule has 0 unspecified atom stereocenters. The van der Waals surface area contributed by atoms with Crippen molar-refractivity contribution < 1.29 is 4.79 Å². The van der Waals surface area contributed by atoms with E-state index in [1.54, 1.807) is 11.3 Å². The van der Waals surface area contributed by atoms with Gasteiger partial charge in [0.1, 0.15) is 5.82 Å². The topological polar surface area (TPSA) is 62.5 Å². The number of thiazole rings is 1. The van der Waals surface area contributed by atoms with Gasteiger partial charge in [-0.15, -0.1) is 11.3 Å². The molecule has 3 aromatic heterocycles. The van der Waals surface area contributed by atoms with Crippen molar-refractivity contribution >= 4 is 28.0 Å². The summed E-state index contributed by atoms with van der Waals surface area (Å²) in [5.41, 5.74) is 1.80. The number of hydrogen-bond donors (Lipinski definition) is 1. The molecule has 6 nitrogen and oxygen atoms in total. The van der Waals surface area contributed by atoms with E-state index in [9.17, 15) is 4.79 Å². The van der Waals surface area contributed by atoms with Gasteiger partial charge in [-0.3, -0.25) is 9.20 Å².